The summed E-state index contributed by atoms with van der Waals surface area (Å²) >= 11 is 0. The molecule has 0 spiro atoms. The summed E-state index contributed by atoms with van der Waals surface area (Å²) in [5, 5.41) is 9.51. The Morgan fingerprint density at radius 2 is 2.00 bits per heavy atom. The van der Waals surface area contributed by atoms with E-state index in [4.69, 9.17) is 0 Å². The molecular formula is C13H14O. The van der Waals surface area contributed by atoms with Crippen LogP contribution in [0.5, 0.6) is 0 Å². The number of aliphatic hydroxyl groups is 1. The van der Waals surface area contributed by atoms with Gasteiger partial charge in [-0.2, -0.15) is 0 Å². The predicted molar refractivity (Wildman–Crippen MR) is 58.8 cm³/mol. The first-order chi connectivity index (χ1) is 6.77. The van der Waals surface area contributed by atoms with Crippen molar-refractivity contribution in [1.29, 1.82) is 0 Å². The minimum Gasteiger partial charge on any atom is -0.388 e. The number of hydrogen-bond donors (Lipinski definition) is 1. The maximum atomic E-state index is 9.51. The summed E-state index contributed by atoms with van der Waals surface area (Å²) in [6, 6.07) is 10.2. The van der Waals surface area contributed by atoms with Crippen molar-refractivity contribution < 1.29 is 5.11 Å². The summed E-state index contributed by atoms with van der Waals surface area (Å²) in [6.45, 7) is 3.89. The first kappa shape index (κ1) is 9.22. The van der Waals surface area contributed by atoms with Crippen molar-refractivity contribution in [2.24, 2.45) is 0 Å². The standard InChI is InChI=1S/C13H14O/c1-10-12(7-8-13(10)14)9-11-5-3-2-4-6-11/h2-6,9,13-14H,1,7-8H2/b12-9-. The van der Waals surface area contributed by atoms with Crippen LogP contribution in [0.25, 0.3) is 6.08 Å². The van der Waals surface area contributed by atoms with Crippen LogP contribution in [0.2, 0.25) is 0 Å². The van der Waals surface area contributed by atoms with E-state index in [2.05, 4.69) is 24.8 Å². The van der Waals surface area contributed by atoms with Gasteiger partial charge in [-0.25, -0.2) is 0 Å². The SMILES string of the molecule is C=C1/C(=C\c2ccccc2)CCC1O. The summed E-state index contributed by atoms with van der Waals surface area (Å²) in [5.41, 5.74) is 3.25. The molecule has 1 N–H and O–H groups in total. The molecule has 0 amide bonds. The minimum atomic E-state index is -0.329. The zero-order chi connectivity index (χ0) is 9.97. The van der Waals surface area contributed by atoms with E-state index in [0.717, 1.165) is 18.4 Å². The predicted octanol–water partition coefficient (Wildman–Crippen LogP) is 2.78. The van der Waals surface area contributed by atoms with Crippen LogP contribution in [0.4, 0.5) is 0 Å². The van der Waals surface area contributed by atoms with Crippen LogP contribution in [-0.2, 0) is 0 Å². The van der Waals surface area contributed by atoms with Crippen LogP contribution in [0.15, 0.2) is 48.1 Å². The first-order valence-corrected chi connectivity index (χ1v) is 4.90. The summed E-state index contributed by atoms with van der Waals surface area (Å²) in [6.07, 6.45) is 3.54. The molecule has 72 valence electrons. The zero-order valence-corrected chi connectivity index (χ0v) is 8.11. The van der Waals surface area contributed by atoms with Crippen LogP contribution in [0.1, 0.15) is 18.4 Å². The largest absolute Gasteiger partial charge is 0.388 e. The van der Waals surface area contributed by atoms with Crippen molar-refractivity contribution >= 4 is 6.08 Å². The molecule has 2 rings (SSSR count). The Morgan fingerprint density at radius 1 is 1.29 bits per heavy atom. The molecule has 1 aliphatic carbocycles. The molecule has 1 saturated carbocycles. The highest BCUT2D eigenvalue weighted by Gasteiger charge is 2.20. The van der Waals surface area contributed by atoms with Crippen LogP contribution < -0.4 is 0 Å². The maximum absolute atomic E-state index is 9.51. The molecule has 1 aromatic rings. The monoisotopic (exact) mass is 186 g/mol. The van der Waals surface area contributed by atoms with Gasteiger partial charge in [-0.05, 0) is 29.6 Å². The molecule has 1 aliphatic rings. The van der Waals surface area contributed by atoms with Crippen molar-refractivity contribution in [3.8, 4) is 0 Å². The van der Waals surface area contributed by atoms with Gasteiger partial charge in [0.25, 0.3) is 0 Å². The highest BCUT2D eigenvalue weighted by atomic mass is 16.3. The van der Waals surface area contributed by atoms with E-state index in [1.54, 1.807) is 0 Å². The Bertz CT molecular complexity index is 362. The molecular weight excluding hydrogens is 172 g/mol. The third-order valence-corrected chi connectivity index (χ3v) is 2.64. The van der Waals surface area contributed by atoms with E-state index in [9.17, 15) is 5.11 Å². The van der Waals surface area contributed by atoms with Crippen LogP contribution in [0.3, 0.4) is 0 Å². The van der Waals surface area contributed by atoms with Gasteiger partial charge in [0.15, 0.2) is 0 Å². The normalized spacial score (nSPS) is 24.5. The topological polar surface area (TPSA) is 20.2 Å². The molecule has 1 heteroatoms. The van der Waals surface area contributed by atoms with Gasteiger partial charge in [-0.15, -0.1) is 0 Å². The Kier molecular flexibility index (Phi) is 2.51. The van der Waals surface area contributed by atoms with E-state index in [1.165, 1.54) is 11.1 Å². The third-order valence-electron chi connectivity index (χ3n) is 2.64. The fraction of sp³-hybridized carbons (Fsp3) is 0.231. The molecule has 0 heterocycles. The average Bonchev–Trinajstić information content (AvgIpc) is 2.52. The second kappa shape index (κ2) is 3.81. The van der Waals surface area contributed by atoms with E-state index < -0.39 is 0 Å². The summed E-state index contributed by atoms with van der Waals surface area (Å²) in [5.74, 6) is 0. The van der Waals surface area contributed by atoms with E-state index >= 15 is 0 Å². The molecule has 1 fully saturated rings. The van der Waals surface area contributed by atoms with E-state index in [-0.39, 0.29) is 6.10 Å². The van der Waals surface area contributed by atoms with E-state index in [0.29, 0.717) is 0 Å². The second-order valence-corrected chi connectivity index (χ2v) is 3.66. The van der Waals surface area contributed by atoms with Gasteiger partial charge in [0.1, 0.15) is 0 Å². The van der Waals surface area contributed by atoms with Crippen LogP contribution >= 0.6 is 0 Å². The second-order valence-electron chi connectivity index (χ2n) is 3.66. The molecule has 0 aliphatic heterocycles. The molecule has 0 bridgehead atoms. The van der Waals surface area contributed by atoms with Crippen molar-refractivity contribution in [3.05, 3.63) is 53.6 Å². The van der Waals surface area contributed by atoms with Gasteiger partial charge in [-0.3, -0.25) is 0 Å². The van der Waals surface area contributed by atoms with Crippen LogP contribution in [0, 0.1) is 0 Å². The number of aliphatic hydroxyl groups excluding tert-OH is 1. The number of benzene rings is 1. The third kappa shape index (κ3) is 1.78. The Morgan fingerprint density at radius 3 is 2.57 bits per heavy atom. The highest BCUT2D eigenvalue weighted by molar-refractivity contribution is 5.60. The molecule has 1 atom stereocenters. The van der Waals surface area contributed by atoms with Crippen molar-refractivity contribution in [2.75, 3.05) is 0 Å². The smallest absolute Gasteiger partial charge is 0.0790 e. The van der Waals surface area contributed by atoms with Crippen LogP contribution in [-0.4, -0.2) is 11.2 Å². The highest BCUT2D eigenvalue weighted by Crippen LogP contribution is 2.30. The first-order valence-electron chi connectivity index (χ1n) is 4.90. The van der Waals surface area contributed by atoms with E-state index in [1.807, 2.05) is 18.2 Å². The summed E-state index contributed by atoms with van der Waals surface area (Å²) in [7, 11) is 0. The zero-order valence-electron chi connectivity index (χ0n) is 8.11. The van der Waals surface area contributed by atoms with Crippen molar-refractivity contribution in [2.45, 2.75) is 18.9 Å². The molecule has 1 unspecified atom stereocenters. The Hall–Kier alpha value is -1.34. The quantitative estimate of drug-likeness (QED) is 0.715. The fourth-order valence-corrected chi connectivity index (χ4v) is 1.76. The van der Waals surface area contributed by atoms with Gasteiger partial charge in [-0.1, -0.05) is 43.0 Å². The number of rotatable bonds is 1. The Labute approximate surface area is 84.4 Å². The Balaban J connectivity index is 2.24. The lowest BCUT2D eigenvalue weighted by Crippen LogP contribution is -1.99. The van der Waals surface area contributed by atoms with Crippen molar-refractivity contribution in [3.63, 3.8) is 0 Å². The minimum absolute atomic E-state index is 0.329. The van der Waals surface area contributed by atoms with Gasteiger partial charge < -0.3 is 5.11 Å². The summed E-state index contributed by atoms with van der Waals surface area (Å²) in [4.78, 5) is 0. The van der Waals surface area contributed by atoms with Gasteiger partial charge in [0, 0.05) is 0 Å². The summed E-state index contributed by atoms with van der Waals surface area (Å²) < 4.78 is 0. The maximum Gasteiger partial charge on any atom is 0.0790 e. The molecule has 1 nitrogen and oxygen atoms in total. The van der Waals surface area contributed by atoms with Gasteiger partial charge >= 0.3 is 0 Å². The molecule has 14 heavy (non-hydrogen) atoms. The molecule has 0 radical (unpaired) electrons. The number of hydrogen-bond acceptors (Lipinski definition) is 1. The van der Waals surface area contributed by atoms with Gasteiger partial charge in [0.2, 0.25) is 0 Å². The molecule has 1 aromatic carbocycles. The molecule has 0 saturated heterocycles. The lowest BCUT2D eigenvalue weighted by atomic mass is 10.1. The van der Waals surface area contributed by atoms with Crippen molar-refractivity contribution in [1.82, 2.24) is 0 Å². The fourth-order valence-electron chi connectivity index (χ4n) is 1.76. The lowest BCUT2D eigenvalue weighted by molar-refractivity contribution is 0.219. The van der Waals surface area contributed by atoms with Gasteiger partial charge in [0.05, 0.1) is 6.10 Å². The average molecular weight is 186 g/mol. The lowest BCUT2D eigenvalue weighted by Gasteiger charge is -2.02. The molecule has 0 aromatic heterocycles.